The van der Waals surface area contributed by atoms with E-state index in [0.29, 0.717) is 5.69 Å². The SMILES string of the molecule is CCc1ccc(-c2cc(F)ccn2)cc1. The summed E-state index contributed by atoms with van der Waals surface area (Å²) in [5.74, 6) is -0.250. The van der Waals surface area contributed by atoms with Crippen LogP contribution in [0, 0.1) is 5.82 Å². The molecule has 0 spiro atoms. The maximum atomic E-state index is 13.0. The maximum absolute atomic E-state index is 13.0. The number of hydrogen-bond acceptors (Lipinski definition) is 1. The minimum Gasteiger partial charge on any atom is -0.256 e. The molecule has 0 amide bonds. The number of benzene rings is 1. The van der Waals surface area contributed by atoms with Crippen LogP contribution in [-0.4, -0.2) is 4.98 Å². The van der Waals surface area contributed by atoms with E-state index in [0.717, 1.165) is 12.0 Å². The Kier molecular flexibility index (Phi) is 2.77. The van der Waals surface area contributed by atoms with Gasteiger partial charge in [0.25, 0.3) is 0 Å². The second-order valence-corrected chi connectivity index (χ2v) is 3.41. The van der Waals surface area contributed by atoms with Gasteiger partial charge in [0, 0.05) is 17.8 Å². The first-order valence-corrected chi connectivity index (χ1v) is 5.00. The van der Waals surface area contributed by atoms with Gasteiger partial charge in [0.15, 0.2) is 0 Å². The zero-order chi connectivity index (χ0) is 10.7. The molecule has 0 saturated carbocycles. The van der Waals surface area contributed by atoms with E-state index in [1.54, 1.807) is 0 Å². The first kappa shape index (κ1) is 9.84. The molecular formula is C13H12FN. The Balaban J connectivity index is 2.37. The van der Waals surface area contributed by atoms with Crippen LogP contribution in [0.3, 0.4) is 0 Å². The van der Waals surface area contributed by atoms with E-state index in [2.05, 4.69) is 11.9 Å². The van der Waals surface area contributed by atoms with Crippen LogP contribution in [-0.2, 0) is 6.42 Å². The lowest BCUT2D eigenvalue weighted by atomic mass is 10.1. The monoisotopic (exact) mass is 201 g/mol. The van der Waals surface area contributed by atoms with Crippen LogP contribution in [0.4, 0.5) is 4.39 Å². The van der Waals surface area contributed by atoms with Crippen LogP contribution in [0.15, 0.2) is 42.6 Å². The Morgan fingerprint density at radius 3 is 2.47 bits per heavy atom. The van der Waals surface area contributed by atoms with Gasteiger partial charge in [0.2, 0.25) is 0 Å². The minimum absolute atomic E-state index is 0.250. The Morgan fingerprint density at radius 1 is 1.13 bits per heavy atom. The van der Waals surface area contributed by atoms with E-state index < -0.39 is 0 Å². The minimum atomic E-state index is -0.250. The van der Waals surface area contributed by atoms with Crippen molar-refractivity contribution in [3.05, 3.63) is 54.0 Å². The van der Waals surface area contributed by atoms with Gasteiger partial charge >= 0.3 is 0 Å². The fourth-order valence-corrected chi connectivity index (χ4v) is 1.47. The summed E-state index contributed by atoms with van der Waals surface area (Å²) in [5.41, 5.74) is 2.90. The normalized spacial score (nSPS) is 10.3. The topological polar surface area (TPSA) is 12.9 Å². The van der Waals surface area contributed by atoms with E-state index >= 15 is 0 Å². The molecule has 1 aromatic carbocycles. The molecule has 76 valence electrons. The van der Waals surface area contributed by atoms with Crippen molar-refractivity contribution in [3.8, 4) is 11.3 Å². The van der Waals surface area contributed by atoms with Gasteiger partial charge in [0.1, 0.15) is 5.82 Å². The number of halogens is 1. The quantitative estimate of drug-likeness (QED) is 0.725. The molecule has 1 heterocycles. The van der Waals surface area contributed by atoms with Crippen LogP contribution in [0.2, 0.25) is 0 Å². The van der Waals surface area contributed by atoms with Gasteiger partial charge in [-0.15, -0.1) is 0 Å². The van der Waals surface area contributed by atoms with Gasteiger partial charge in [-0.2, -0.15) is 0 Å². The lowest BCUT2D eigenvalue weighted by Crippen LogP contribution is -1.85. The Morgan fingerprint density at radius 2 is 1.87 bits per heavy atom. The van der Waals surface area contributed by atoms with Gasteiger partial charge in [0.05, 0.1) is 5.69 Å². The smallest absolute Gasteiger partial charge is 0.126 e. The first-order chi connectivity index (χ1) is 7.29. The molecule has 1 aromatic heterocycles. The molecular weight excluding hydrogens is 189 g/mol. The van der Waals surface area contributed by atoms with E-state index in [9.17, 15) is 4.39 Å². The number of rotatable bonds is 2. The summed E-state index contributed by atoms with van der Waals surface area (Å²) in [5, 5.41) is 0. The molecule has 0 aliphatic carbocycles. The molecule has 0 saturated heterocycles. The molecule has 0 atom stereocenters. The second kappa shape index (κ2) is 4.22. The van der Waals surface area contributed by atoms with Crippen molar-refractivity contribution < 1.29 is 4.39 Å². The Labute approximate surface area is 88.6 Å². The molecule has 0 aliphatic rings. The van der Waals surface area contributed by atoms with Gasteiger partial charge in [-0.3, -0.25) is 4.98 Å². The summed E-state index contributed by atoms with van der Waals surface area (Å²) in [6, 6.07) is 10.8. The summed E-state index contributed by atoms with van der Waals surface area (Å²) in [6.45, 7) is 2.11. The lowest BCUT2D eigenvalue weighted by molar-refractivity contribution is 0.626. The number of aryl methyl sites for hydroxylation is 1. The summed E-state index contributed by atoms with van der Waals surface area (Å²) in [7, 11) is 0. The molecule has 0 bridgehead atoms. The molecule has 2 heteroatoms. The average molecular weight is 201 g/mol. The molecule has 0 radical (unpaired) electrons. The second-order valence-electron chi connectivity index (χ2n) is 3.41. The highest BCUT2D eigenvalue weighted by molar-refractivity contribution is 5.59. The standard InChI is InChI=1S/C13H12FN/c1-2-10-3-5-11(6-4-10)13-9-12(14)7-8-15-13/h3-9H,2H2,1H3. The van der Waals surface area contributed by atoms with Gasteiger partial charge < -0.3 is 0 Å². The van der Waals surface area contributed by atoms with E-state index in [-0.39, 0.29) is 5.82 Å². The lowest BCUT2D eigenvalue weighted by Gasteiger charge is -2.02. The molecule has 2 aromatic rings. The van der Waals surface area contributed by atoms with Crippen molar-refractivity contribution in [3.63, 3.8) is 0 Å². The van der Waals surface area contributed by atoms with Crippen LogP contribution >= 0.6 is 0 Å². The Bertz CT molecular complexity index is 448. The molecule has 1 nitrogen and oxygen atoms in total. The molecule has 0 fully saturated rings. The fraction of sp³-hybridized carbons (Fsp3) is 0.154. The maximum Gasteiger partial charge on any atom is 0.126 e. The predicted molar refractivity (Wildman–Crippen MR) is 59.0 cm³/mol. The number of aromatic nitrogens is 1. The number of nitrogens with zero attached hydrogens (tertiary/aromatic N) is 1. The summed E-state index contributed by atoms with van der Waals surface area (Å²) in [4.78, 5) is 4.13. The van der Waals surface area contributed by atoms with Gasteiger partial charge in [-0.05, 0) is 18.1 Å². The highest BCUT2D eigenvalue weighted by atomic mass is 19.1. The number of hydrogen-bond donors (Lipinski definition) is 0. The van der Waals surface area contributed by atoms with Crippen LogP contribution < -0.4 is 0 Å². The van der Waals surface area contributed by atoms with Crippen molar-refractivity contribution in [1.29, 1.82) is 0 Å². The third-order valence-electron chi connectivity index (χ3n) is 2.38. The molecule has 0 N–H and O–H groups in total. The van der Waals surface area contributed by atoms with E-state index in [4.69, 9.17) is 0 Å². The van der Waals surface area contributed by atoms with Gasteiger partial charge in [-0.25, -0.2) is 4.39 Å². The molecule has 15 heavy (non-hydrogen) atoms. The summed E-state index contributed by atoms with van der Waals surface area (Å²) in [6.07, 6.45) is 2.50. The fourth-order valence-electron chi connectivity index (χ4n) is 1.47. The summed E-state index contributed by atoms with van der Waals surface area (Å²) < 4.78 is 13.0. The van der Waals surface area contributed by atoms with Crippen molar-refractivity contribution >= 4 is 0 Å². The highest BCUT2D eigenvalue weighted by Crippen LogP contribution is 2.18. The third kappa shape index (κ3) is 2.21. The first-order valence-electron chi connectivity index (χ1n) is 5.00. The van der Waals surface area contributed by atoms with Crippen molar-refractivity contribution in [2.45, 2.75) is 13.3 Å². The zero-order valence-corrected chi connectivity index (χ0v) is 8.57. The van der Waals surface area contributed by atoms with Crippen molar-refractivity contribution in [2.24, 2.45) is 0 Å². The van der Waals surface area contributed by atoms with Crippen LogP contribution in [0.1, 0.15) is 12.5 Å². The summed E-state index contributed by atoms with van der Waals surface area (Å²) >= 11 is 0. The van der Waals surface area contributed by atoms with Gasteiger partial charge in [-0.1, -0.05) is 31.2 Å². The Hall–Kier alpha value is -1.70. The van der Waals surface area contributed by atoms with E-state index in [1.165, 1.54) is 23.9 Å². The van der Waals surface area contributed by atoms with Crippen molar-refractivity contribution in [1.82, 2.24) is 4.98 Å². The predicted octanol–water partition coefficient (Wildman–Crippen LogP) is 3.45. The van der Waals surface area contributed by atoms with E-state index in [1.807, 2.05) is 24.3 Å². The third-order valence-corrected chi connectivity index (χ3v) is 2.38. The molecule has 2 rings (SSSR count). The molecule has 0 unspecified atom stereocenters. The van der Waals surface area contributed by atoms with Crippen molar-refractivity contribution in [2.75, 3.05) is 0 Å². The zero-order valence-electron chi connectivity index (χ0n) is 8.57. The van der Waals surface area contributed by atoms with Crippen LogP contribution in [0.5, 0.6) is 0 Å². The molecule has 0 aliphatic heterocycles. The van der Waals surface area contributed by atoms with Crippen LogP contribution in [0.25, 0.3) is 11.3 Å². The largest absolute Gasteiger partial charge is 0.256 e. The number of pyridine rings is 1. The average Bonchev–Trinajstić information content (AvgIpc) is 2.29. The highest BCUT2D eigenvalue weighted by Gasteiger charge is 2.00.